The maximum Gasteiger partial charge on any atom is 0.417 e. The van der Waals surface area contributed by atoms with Crippen molar-refractivity contribution in [3.63, 3.8) is 0 Å². The molecule has 24 heavy (non-hydrogen) atoms. The number of nitrogens with one attached hydrogen (secondary N) is 1. The Hall–Kier alpha value is -2.88. The number of fused-ring (bicyclic) bond motifs is 2. The number of H-pyrrole nitrogens is 1. The van der Waals surface area contributed by atoms with Gasteiger partial charge in [-0.25, -0.2) is 19.2 Å². The van der Waals surface area contributed by atoms with Gasteiger partial charge in [-0.15, -0.1) is 0 Å². The zero-order valence-corrected chi connectivity index (χ0v) is 12.2. The summed E-state index contributed by atoms with van der Waals surface area (Å²) in [5.41, 5.74) is 0.122. The van der Waals surface area contributed by atoms with Crippen LogP contribution < -0.4 is 5.76 Å². The van der Waals surface area contributed by atoms with Crippen molar-refractivity contribution in [1.82, 2.24) is 24.7 Å². The minimum Gasteiger partial charge on any atom is -0.407 e. The maximum atomic E-state index is 14.0. The molecule has 0 radical (unpaired) electrons. The van der Waals surface area contributed by atoms with Crippen LogP contribution in [0.2, 0.25) is 5.02 Å². The number of hydrogen-bond donors (Lipinski definition) is 1. The molecule has 0 aliphatic heterocycles. The Morgan fingerprint density at radius 3 is 2.88 bits per heavy atom. The number of halogens is 4. The number of rotatable bonds is 2. The van der Waals surface area contributed by atoms with Crippen molar-refractivity contribution in [3.05, 3.63) is 39.9 Å². The number of aromatic amines is 1. The summed E-state index contributed by atoms with van der Waals surface area (Å²) >= 11 is 5.79. The van der Waals surface area contributed by atoms with Gasteiger partial charge in [0.05, 0.1) is 18.1 Å². The summed E-state index contributed by atoms with van der Waals surface area (Å²) in [5, 5.41) is 3.19. The number of hydrogen-bond acceptors (Lipinski definition) is 5. The molecule has 4 rings (SSSR count). The second-order valence-corrected chi connectivity index (χ2v) is 5.15. The molecule has 4 aromatic rings. The normalized spacial score (nSPS) is 11.9. The van der Waals surface area contributed by atoms with E-state index in [0.717, 1.165) is 18.5 Å². The lowest BCUT2D eigenvalue weighted by Gasteiger charge is -2.04. The van der Waals surface area contributed by atoms with Gasteiger partial charge in [0.1, 0.15) is 21.9 Å². The van der Waals surface area contributed by atoms with Crippen molar-refractivity contribution in [2.75, 3.05) is 0 Å². The zero-order valence-electron chi connectivity index (χ0n) is 11.4. The van der Waals surface area contributed by atoms with Crippen LogP contribution in [0.15, 0.2) is 27.7 Å². The van der Waals surface area contributed by atoms with Gasteiger partial charge < -0.3 is 4.42 Å². The third-order valence-electron chi connectivity index (χ3n) is 3.36. The summed E-state index contributed by atoms with van der Waals surface area (Å²) in [6.45, 7) is -2.87. The standard InChI is InChI=1S/C13H5ClF3N5O2/c14-8-5(15)1-4(10-9(8)21-13(23)24-10)6-2-18-11-7(20-6)3-19-22(11)12(16)17/h1-3,12H,(H,21,23). The van der Waals surface area contributed by atoms with E-state index in [0.29, 0.717) is 4.68 Å². The first kappa shape index (κ1) is 14.7. The molecule has 0 spiro atoms. The summed E-state index contributed by atoms with van der Waals surface area (Å²) < 4.78 is 44.9. The Balaban J connectivity index is 1.99. The lowest BCUT2D eigenvalue weighted by Crippen LogP contribution is -2.01. The van der Waals surface area contributed by atoms with Crippen molar-refractivity contribution < 1.29 is 17.6 Å². The Labute approximate surface area is 134 Å². The van der Waals surface area contributed by atoms with E-state index in [9.17, 15) is 18.0 Å². The van der Waals surface area contributed by atoms with Gasteiger partial charge >= 0.3 is 12.3 Å². The fourth-order valence-electron chi connectivity index (χ4n) is 2.34. The Kier molecular flexibility index (Phi) is 3.10. The molecule has 3 heterocycles. The van der Waals surface area contributed by atoms with E-state index in [2.05, 4.69) is 20.1 Å². The molecule has 7 nitrogen and oxygen atoms in total. The lowest BCUT2D eigenvalue weighted by molar-refractivity contribution is 0.0608. The van der Waals surface area contributed by atoms with Gasteiger partial charge in [-0.05, 0) is 6.07 Å². The average Bonchev–Trinajstić information content (AvgIpc) is 3.13. The molecule has 0 saturated carbocycles. The summed E-state index contributed by atoms with van der Waals surface area (Å²) in [7, 11) is 0. The molecule has 3 aromatic heterocycles. The monoisotopic (exact) mass is 355 g/mol. The first-order valence-corrected chi connectivity index (χ1v) is 6.83. The van der Waals surface area contributed by atoms with E-state index in [1.165, 1.54) is 0 Å². The number of aromatic nitrogens is 5. The fraction of sp³-hybridized carbons (Fsp3) is 0.0769. The number of oxazole rings is 1. The molecule has 0 fully saturated rings. The van der Waals surface area contributed by atoms with Crippen LogP contribution >= 0.6 is 11.6 Å². The molecule has 0 bridgehead atoms. The van der Waals surface area contributed by atoms with Crippen molar-refractivity contribution in [3.8, 4) is 11.3 Å². The van der Waals surface area contributed by atoms with E-state index < -0.39 is 18.1 Å². The van der Waals surface area contributed by atoms with Gasteiger partial charge in [-0.1, -0.05) is 11.6 Å². The van der Waals surface area contributed by atoms with E-state index in [1.807, 2.05) is 0 Å². The first-order chi connectivity index (χ1) is 11.5. The van der Waals surface area contributed by atoms with Crippen LogP contribution in [0.4, 0.5) is 13.2 Å². The summed E-state index contributed by atoms with van der Waals surface area (Å²) in [6.07, 6.45) is 2.26. The topological polar surface area (TPSA) is 89.6 Å². The highest BCUT2D eigenvalue weighted by atomic mass is 35.5. The predicted octanol–water partition coefficient (Wildman–Crippen LogP) is 3.12. The highest BCUT2D eigenvalue weighted by molar-refractivity contribution is 6.35. The average molecular weight is 356 g/mol. The van der Waals surface area contributed by atoms with Crippen LogP contribution in [0.1, 0.15) is 6.55 Å². The van der Waals surface area contributed by atoms with E-state index >= 15 is 0 Å². The quantitative estimate of drug-likeness (QED) is 0.596. The van der Waals surface area contributed by atoms with E-state index in [1.54, 1.807) is 0 Å². The minimum absolute atomic E-state index is 0.0127. The Morgan fingerprint density at radius 1 is 1.33 bits per heavy atom. The number of alkyl halides is 2. The SMILES string of the molecule is O=c1[nH]c2c(Cl)c(F)cc(-c3cnc4c(cnn4C(F)F)n3)c2o1. The minimum atomic E-state index is -2.87. The lowest BCUT2D eigenvalue weighted by atomic mass is 10.1. The van der Waals surface area contributed by atoms with Gasteiger partial charge in [0.15, 0.2) is 11.2 Å². The van der Waals surface area contributed by atoms with Gasteiger partial charge in [-0.2, -0.15) is 18.6 Å². The predicted molar refractivity (Wildman–Crippen MR) is 77.4 cm³/mol. The number of nitrogens with zero attached hydrogens (tertiary/aromatic N) is 4. The largest absolute Gasteiger partial charge is 0.417 e. The van der Waals surface area contributed by atoms with Gasteiger partial charge in [0.25, 0.3) is 0 Å². The van der Waals surface area contributed by atoms with Gasteiger partial charge in [0.2, 0.25) is 0 Å². The molecule has 1 aromatic carbocycles. The smallest absolute Gasteiger partial charge is 0.407 e. The van der Waals surface area contributed by atoms with Gasteiger partial charge in [0, 0.05) is 5.56 Å². The molecule has 0 aliphatic rings. The van der Waals surface area contributed by atoms with E-state index in [-0.39, 0.29) is 38.5 Å². The highest BCUT2D eigenvalue weighted by Gasteiger charge is 2.20. The molecule has 0 unspecified atom stereocenters. The maximum absolute atomic E-state index is 14.0. The molecule has 0 atom stereocenters. The first-order valence-electron chi connectivity index (χ1n) is 6.45. The fourth-order valence-corrected chi connectivity index (χ4v) is 2.53. The third kappa shape index (κ3) is 2.07. The second kappa shape index (κ2) is 5.06. The molecule has 0 amide bonds. The molecular weight excluding hydrogens is 351 g/mol. The van der Waals surface area contributed by atoms with E-state index in [4.69, 9.17) is 16.0 Å². The summed E-state index contributed by atoms with van der Waals surface area (Å²) in [5.74, 6) is -1.63. The van der Waals surface area contributed by atoms with Crippen LogP contribution in [0.5, 0.6) is 0 Å². The molecule has 0 saturated heterocycles. The van der Waals surface area contributed by atoms with Crippen molar-refractivity contribution in [1.29, 1.82) is 0 Å². The summed E-state index contributed by atoms with van der Waals surface area (Å²) in [6, 6.07) is 1.02. The molecular formula is C13H5ClF3N5O2. The van der Waals surface area contributed by atoms with Crippen LogP contribution in [-0.2, 0) is 0 Å². The third-order valence-corrected chi connectivity index (χ3v) is 3.72. The molecule has 122 valence electrons. The van der Waals surface area contributed by atoms with Crippen molar-refractivity contribution in [2.45, 2.75) is 6.55 Å². The van der Waals surface area contributed by atoms with Crippen molar-refractivity contribution in [2.24, 2.45) is 0 Å². The molecule has 11 heteroatoms. The van der Waals surface area contributed by atoms with Crippen LogP contribution in [0.3, 0.4) is 0 Å². The number of benzene rings is 1. The van der Waals surface area contributed by atoms with Crippen LogP contribution in [0.25, 0.3) is 33.5 Å². The Morgan fingerprint density at radius 2 is 2.12 bits per heavy atom. The van der Waals surface area contributed by atoms with Crippen molar-refractivity contribution >= 4 is 33.9 Å². The van der Waals surface area contributed by atoms with Crippen LogP contribution in [0, 0.1) is 5.82 Å². The summed E-state index contributed by atoms with van der Waals surface area (Å²) in [4.78, 5) is 21.7. The molecule has 1 N–H and O–H groups in total. The highest BCUT2D eigenvalue weighted by Crippen LogP contribution is 2.33. The van der Waals surface area contributed by atoms with Gasteiger partial charge in [-0.3, -0.25) is 4.98 Å². The van der Waals surface area contributed by atoms with Crippen LogP contribution in [-0.4, -0.2) is 24.7 Å². The molecule has 0 aliphatic carbocycles. The Bertz CT molecular complexity index is 1150. The second-order valence-electron chi connectivity index (χ2n) is 4.77. The zero-order chi connectivity index (χ0) is 17.0.